The molecule has 0 aliphatic carbocycles. The number of amides is 3. The van der Waals surface area contributed by atoms with Gasteiger partial charge in [-0.25, -0.2) is 9.97 Å². The number of likely N-dealkylation sites (tertiary alicyclic amines) is 1. The summed E-state index contributed by atoms with van der Waals surface area (Å²) in [5.41, 5.74) is 1.91. The number of aromatic nitrogens is 2. The van der Waals surface area contributed by atoms with Crippen LogP contribution in [0.4, 0.5) is 10.8 Å². The first kappa shape index (κ1) is 29.3. The van der Waals surface area contributed by atoms with E-state index in [9.17, 15) is 14.4 Å². The molecule has 41 heavy (non-hydrogen) atoms. The Kier molecular flexibility index (Phi) is 9.10. The summed E-state index contributed by atoms with van der Waals surface area (Å²) in [6.45, 7) is 8.60. The van der Waals surface area contributed by atoms with E-state index in [1.807, 2.05) is 18.2 Å². The number of carbonyl (C=O) groups excluding carboxylic acids is 3. The molecule has 3 N–H and O–H groups in total. The number of hydrogen-bond donors (Lipinski definition) is 3. The molecule has 2 aliphatic heterocycles. The molecule has 10 nitrogen and oxygen atoms in total. The predicted molar refractivity (Wildman–Crippen MR) is 160 cm³/mol. The molecule has 0 saturated carbocycles. The summed E-state index contributed by atoms with van der Waals surface area (Å²) >= 11 is 3.06. The van der Waals surface area contributed by atoms with Crippen molar-refractivity contribution in [1.82, 2.24) is 20.2 Å². The van der Waals surface area contributed by atoms with Gasteiger partial charge in [-0.2, -0.15) is 0 Å². The van der Waals surface area contributed by atoms with Crippen LogP contribution < -0.4 is 16.0 Å². The number of piperidine rings is 2. The lowest BCUT2D eigenvalue weighted by Gasteiger charge is -2.32. The molecule has 3 aromatic rings. The number of carbonyl (C=O) groups is 3. The molecular weight excluding hydrogens is 560 g/mol. The van der Waals surface area contributed by atoms with E-state index in [1.54, 1.807) is 24.2 Å². The summed E-state index contributed by atoms with van der Waals surface area (Å²) in [7, 11) is 0. The third kappa shape index (κ3) is 7.75. The van der Waals surface area contributed by atoms with E-state index in [0.717, 1.165) is 53.7 Å². The van der Waals surface area contributed by atoms with Crippen molar-refractivity contribution in [2.45, 2.75) is 74.4 Å². The Hall–Kier alpha value is -3.22. The van der Waals surface area contributed by atoms with Crippen LogP contribution >= 0.6 is 23.1 Å². The fourth-order valence-electron chi connectivity index (χ4n) is 4.86. The van der Waals surface area contributed by atoms with Gasteiger partial charge in [-0.1, -0.05) is 50.3 Å². The number of anilines is 2. The summed E-state index contributed by atoms with van der Waals surface area (Å²) in [5.74, 6) is 1.60. The zero-order valence-electron chi connectivity index (χ0n) is 23.6. The number of imide groups is 1. The number of rotatable bonds is 9. The second kappa shape index (κ2) is 12.7. The molecular formula is C29H36N6O4S2. The summed E-state index contributed by atoms with van der Waals surface area (Å²) in [5, 5.41) is 9.34. The molecule has 2 fully saturated rings. The molecule has 1 unspecified atom stereocenters. The number of benzene rings is 1. The van der Waals surface area contributed by atoms with Crippen LogP contribution in [0.3, 0.4) is 0 Å². The number of thiazole rings is 1. The zero-order chi connectivity index (χ0) is 29.0. The average Bonchev–Trinajstić information content (AvgIpc) is 3.60. The first-order valence-electron chi connectivity index (χ1n) is 13.9. The summed E-state index contributed by atoms with van der Waals surface area (Å²) in [6.07, 6.45) is 5.92. The van der Waals surface area contributed by atoms with Crippen LogP contribution in [0.5, 0.6) is 0 Å². The van der Waals surface area contributed by atoms with Crippen molar-refractivity contribution in [2.75, 3.05) is 23.7 Å². The standard InChI is InChI=1S/C29H36N6O4S2/c1-29(2,3)22-14-30-24(39-22)17-40-25-15-31-28(41-25)34-26(37)18-10-12-35(13-11-18)16-19-6-4-5-7-20(19)32-21-8-9-23(36)33-27(21)38/h4-7,14-15,18,21,32H,8-13,16-17H2,1-3H3,(H,31,34,37)(H,33,36,38). The van der Waals surface area contributed by atoms with E-state index in [1.165, 1.54) is 11.3 Å². The SMILES string of the molecule is CC(C)(C)c1cnc(CSc2cnc(NC(=O)C3CCN(Cc4ccccc4NC4CCC(=O)NC4=O)CC3)s2)o1. The normalized spacial score (nSPS) is 18.8. The monoisotopic (exact) mass is 596 g/mol. The smallest absolute Gasteiger partial charge is 0.249 e. The summed E-state index contributed by atoms with van der Waals surface area (Å²) < 4.78 is 6.86. The Morgan fingerprint density at radius 1 is 1.15 bits per heavy atom. The Morgan fingerprint density at radius 3 is 2.66 bits per heavy atom. The van der Waals surface area contributed by atoms with E-state index in [0.29, 0.717) is 29.6 Å². The minimum atomic E-state index is -0.420. The van der Waals surface area contributed by atoms with Gasteiger partial charge in [0.25, 0.3) is 0 Å². The molecule has 2 aromatic heterocycles. The Bertz CT molecular complexity index is 1390. The maximum absolute atomic E-state index is 13.0. The van der Waals surface area contributed by atoms with Crippen LogP contribution in [-0.2, 0) is 32.1 Å². The van der Waals surface area contributed by atoms with Crippen LogP contribution in [0.25, 0.3) is 0 Å². The first-order valence-corrected chi connectivity index (χ1v) is 15.7. The van der Waals surface area contributed by atoms with Gasteiger partial charge in [0.15, 0.2) is 5.13 Å². The maximum Gasteiger partial charge on any atom is 0.249 e. The molecule has 1 aromatic carbocycles. The third-order valence-corrected chi connectivity index (χ3v) is 9.38. The predicted octanol–water partition coefficient (Wildman–Crippen LogP) is 4.79. The Balaban J connectivity index is 1.08. The van der Waals surface area contributed by atoms with E-state index in [4.69, 9.17) is 4.42 Å². The van der Waals surface area contributed by atoms with E-state index in [2.05, 4.69) is 57.7 Å². The van der Waals surface area contributed by atoms with Crippen LogP contribution in [0.2, 0.25) is 0 Å². The number of oxazole rings is 1. The lowest BCUT2D eigenvalue weighted by atomic mass is 9.94. The molecule has 12 heteroatoms. The molecule has 2 saturated heterocycles. The molecule has 4 heterocycles. The molecule has 218 valence electrons. The Labute approximate surface area is 248 Å². The largest absolute Gasteiger partial charge is 0.444 e. The van der Waals surface area contributed by atoms with Gasteiger partial charge in [-0.3, -0.25) is 24.6 Å². The molecule has 0 spiro atoms. The number of hydrogen-bond acceptors (Lipinski definition) is 10. The van der Waals surface area contributed by atoms with Crippen molar-refractivity contribution in [3.05, 3.63) is 53.9 Å². The molecule has 2 aliphatic rings. The van der Waals surface area contributed by atoms with Gasteiger partial charge >= 0.3 is 0 Å². The van der Waals surface area contributed by atoms with Gasteiger partial charge in [-0.05, 0) is 44.0 Å². The minimum absolute atomic E-state index is 0.0120. The first-order chi connectivity index (χ1) is 19.6. The van der Waals surface area contributed by atoms with Gasteiger partial charge in [0.1, 0.15) is 11.8 Å². The highest BCUT2D eigenvalue weighted by Gasteiger charge is 2.28. The van der Waals surface area contributed by atoms with Gasteiger partial charge in [-0.15, -0.1) is 11.8 Å². The number of para-hydroxylation sites is 1. The van der Waals surface area contributed by atoms with Crippen molar-refractivity contribution < 1.29 is 18.8 Å². The highest BCUT2D eigenvalue weighted by molar-refractivity contribution is 8.00. The van der Waals surface area contributed by atoms with Crippen molar-refractivity contribution >= 4 is 51.6 Å². The maximum atomic E-state index is 13.0. The van der Waals surface area contributed by atoms with Gasteiger partial charge < -0.3 is 15.1 Å². The van der Waals surface area contributed by atoms with Crippen molar-refractivity contribution in [3.8, 4) is 0 Å². The number of nitrogens with one attached hydrogen (secondary N) is 3. The van der Waals surface area contributed by atoms with Crippen molar-refractivity contribution in [3.63, 3.8) is 0 Å². The number of nitrogens with zero attached hydrogens (tertiary/aromatic N) is 3. The zero-order valence-corrected chi connectivity index (χ0v) is 25.2. The molecule has 5 rings (SSSR count). The molecule has 0 radical (unpaired) electrons. The molecule has 3 amide bonds. The van der Waals surface area contributed by atoms with Crippen LogP contribution in [-0.4, -0.2) is 51.7 Å². The second-order valence-corrected chi connectivity index (χ2v) is 13.8. The van der Waals surface area contributed by atoms with E-state index >= 15 is 0 Å². The highest BCUT2D eigenvalue weighted by atomic mass is 32.2. The average molecular weight is 597 g/mol. The van der Waals surface area contributed by atoms with E-state index < -0.39 is 6.04 Å². The molecule has 0 bridgehead atoms. The summed E-state index contributed by atoms with van der Waals surface area (Å²) in [6, 6.07) is 7.52. The van der Waals surface area contributed by atoms with Crippen LogP contribution in [0, 0.1) is 5.92 Å². The van der Waals surface area contributed by atoms with Gasteiger partial charge in [0, 0.05) is 30.0 Å². The second-order valence-electron chi connectivity index (χ2n) is 11.5. The fourth-order valence-corrected chi connectivity index (χ4v) is 6.59. The van der Waals surface area contributed by atoms with E-state index in [-0.39, 0.29) is 29.1 Å². The summed E-state index contributed by atoms with van der Waals surface area (Å²) in [4.78, 5) is 47.8. The Morgan fingerprint density at radius 2 is 1.93 bits per heavy atom. The lowest BCUT2D eigenvalue weighted by molar-refractivity contribution is -0.133. The topological polar surface area (TPSA) is 129 Å². The van der Waals surface area contributed by atoms with Gasteiger partial charge in [0.05, 0.1) is 22.4 Å². The minimum Gasteiger partial charge on any atom is -0.444 e. The van der Waals surface area contributed by atoms with Gasteiger partial charge in [0.2, 0.25) is 23.6 Å². The lowest BCUT2D eigenvalue weighted by Crippen LogP contribution is -2.47. The quantitative estimate of drug-likeness (QED) is 0.236. The number of thioether (sulfide) groups is 1. The van der Waals surface area contributed by atoms with Crippen LogP contribution in [0.15, 0.2) is 45.3 Å². The third-order valence-electron chi connectivity index (χ3n) is 7.28. The van der Waals surface area contributed by atoms with Crippen LogP contribution in [0.1, 0.15) is 63.7 Å². The highest BCUT2D eigenvalue weighted by Crippen LogP contribution is 2.32. The fraction of sp³-hybridized carbons (Fsp3) is 0.483. The molecule has 1 atom stereocenters. The van der Waals surface area contributed by atoms with Crippen molar-refractivity contribution in [1.29, 1.82) is 0 Å². The van der Waals surface area contributed by atoms with Crippen molar-refractivity contribution in [2.24, 2.45) is 5.92 Å².